The third kappa shape index (κ3) is 4.08. The molecular formula is C22H23N5O3. The summed E-state index contributed by atoms with van der Waals surface area (Å²) in [5, 5.41) is 7.04. The number of rotatable bonds is 7. The summed E-state index contributed by atoms with van der Waals surface area (Å²) in [6, 6.07) is 9.56. The summed E-state index contributed by atoms with van der Waals surface area (Å²) < 4.78 is 12.1. The number of nitrogens with zero attached hydrogens (tertiary/aromatic N) is 4. The van der Waals surface area contributed by atoms with E-state index in [1.807, 2.05) is 50.4 Å². The third-order valence-corrected chi connectivity index (χ3v) is 4.85. The van der Waals surface area contributed by atoms with Gasteiger partial charge in [0.15, 0.2) is 0 Å². The Balaban J connectivity index is 1.55. The molecular weight excluding hydrogens is 382 g/mol. The van der Waals surface area contributed by atoms with Crippen LogP contribution >= 0.6 is 0 Å². The number of fused-ring (bicyclic) bond motifs is 1. The Morgan fingerprint density at radius 2 is 2.10 bits per heavy atom. The molecule has 0 saturated heterocycles. The van der Waals surface area contributed by atoms with E-state index in [4.69, 9.17) is 9.26 Å². The number of imidazole rings is 1. The van der Waals surface area contributed by atoms with Gasteiger partial charge in [-0.3, -0.25) is 9.20 Å². The van der Waals surface area contributed by atoms with Gasteiger partial charge in [0.1, 0.15) is 11.3 Å². The highest BCUT2D eigenvalue weighted by atomic mass is 16.5. The van der Waals surface area contributed by atoms with Gasteiger partial charge in [0.25, 0.3) is 5.91 Å². The van der Waals surface area contributed by atoms with Gasteiger partial charge in [0.05, 0.1) is 6.20 Å². The summed E-state index contributed by atoms with van der Waals surface area (Å²) in [5.41, 5.74) is 4.68. The van der Waals surface area contributed by atoms with Crippen molar-refractivity contribution in [2.45, 2.75) is 26.7 Å². The van der Waals surface area contributed by atoms with Crippen molar-refractivity contribution in [3.8, 4) is 11.4 Å². The molecule has 0 bridgehead atoms. The van der Waals surface area contributed by atoms with Gasteiger partial charge >= 0.3 is 0 Å². The molecule has 3 heterocycles. The number of benzene rings is 1. The van der Waals surface area contributed by atoms with Crippen LogP contribution in [0.15, 0.2) is 47.2 Å². The molecule has 4 rings (SSSR count). The van der Waals surface area contributed by atoms with Crippen LogP contribution in [0, 0.1) is 13.8 Å². The quantitative estimate of drug-likeness (QED) is 0.470. The number of nitrogens with one attached hydrogen (secondary N) is 1. The van der Waals surface area contributed by atoms with Gasteiger partial charge < -0.3 is 14.6 Å². The van der Waals surface area contributed by atoms with Crippen molar-refractivity contribution in [3.05, 3.63) is 65.4 Å². The van der Waals surface area contributed by atoms with E-state index in [1.54, 1.807) is 17.7 Å². The zero-order valence-electron chi connectivity index (χ0n) is 17.2. The Labute approximate surface area is 173 Å². The Bertz CT molecular complexity index is 1190. The highest BCUT2D eigenvalue weighted by molar-refractivity contribution is 6.04. The van der Waals surface area contributed by atoms with Crippen LogP contribution in [0.1, 0.15) is 33.9 Å². The highest BCUT2D eigenvalue weighted by Crippen LogP contribution is 2.24. The monoisotopic (exact) mass is 405 g/mol. The van der Waals surface area contributed by atoms with Crippen molar-refractivity contribution in [2.75, 3.05) is 19.0 Å². The first-order chi connectivity index (χ1) is 14.5. The van der Waals surface area contributed by atoms with Crippen LogP contribution in [0.4, 0.5) is 5.69 Å². The van der Waals surface area contributed by atoms with Gasteiger partial charge in [-0.1, -0.05) is 17.3 Å². The highest BCUT2D eigenvalue weighted by Gasteiger charge is 2.15. The van der Waals surface area contributed by atoms with Crippen molar-refractivity contribution in [3.63, 3.8) is 0 Å². The van der Waals surface area contributed by atoms with E-state index in [9.17, 15) is 4.79 Å². The molecule has 30 heavy (non-hydrogen) atoms. The van der Waals surface area contributed by atoms with E-state index in [1.165, 1.54) is 0 Å². The second-order valence-corrected chi connectivity index (χ2v) is 7.17. The summed E-state index contributed by atoms with van der Waals surface area (Å²) in [6.45, 7) is 4.56. The van der Waals surface area contributed by atoms with Crippen molar-refractivity contribution in [2.24, 2.45) is 0 Å². The van der Waals surface area contributed by atoms with E-state index < -0.39 is 0 Å². The zero-order chi connectivity index (χ0) is 21.1. The maximum absolute atomic E-state index is 12.9. The number of aromatic nitrogens is 4. The molecule has 0 aliphatic carbocycles. The van der Waals surface area contributed by atoms with E-state index >= 15 is 0 Å². The lowest BCUT2D eigenvalue weighted by Gasteiger charge is -2.09. The maximum atomic E-state index is 12.9. The van der Waals surface area contributed by atoms with Crippen molar-refractivity contribution < 1.29 is 14.1 Å². The number of carbonyl (C=O) groups excluding carboxylic acids is 1. The molecule has 154 valence electrons. The average Bonchev–Trinajstić information content (AvgIpc) is 3.36. The van der Waals surface area contributed by atoms with Crippen LogP contribution < -0.4 is 5.32 Å². The van der Waals surface area contributed by atoms with Gasteiger partial charge in [-0.15, -0.1) is 0 Å². The van der Waals surface area contributed by atoms with Crippen LogP contribution in [0.25, 0.3) is 17.0 Å². The lowest BCUT2D eigenvalue weighted by atomic mass is 10.1. The van der Waals surface area contributed by atoms with Crippen LogP contribution in [0.5, 0.6) is 0 Å². The topological polar surface area (TPSA) is 94.5 Å². The number of anilines is 1. The first-order valence-electron chi connectivity index (χ1n) is 9.73. The molecule has 0 radical (unpaired) electrons. The SMILES string of the molecule is COCCCc1nc(-c2ccc(C)c(NC(=O)c3cnc4cc(C)ccn34)c2)no1. The molecule has 0 aliphatic rings. The van der Waals surface area contributed by atoms with Crippen LogP contribution in [-0.2, 0) is 11.2 Å². The number of amides is 1. The number of methoxy groups -OCH3 is 1. The number of pyridine rings is 1. The first-order valence-corrected chi connectivity index (χ1v) is 9.73. The number of hydrogen-bond acceptors (Lipinski definition) is 6. The predicted octanol–water partition coefficient (Wildman–Crippen LogP) is 3.83. The predicted molar refractivity (Wildman–Crippen MR) is 113 cm³/mol. The molecule has 4 aromatic rings. The third-order valence-electron chi connectivity index (χ3n) is 4.85. The minimum atomic E-state index is -0.236. The second-order valence-electron chi connectivity index (χ2n) is 7.17. The van der Waals surface area contributed by atoms with Crippen molar-refractivity contribution in [1.82, 2.24) is 19.5 Å². The Morgan fingerprint density at radius 1 is 1.23 bits per heavy atom. The van der Waals surface area contributed by atoms with E-state index in [0.29, 0.717) is 36.1 Å². The molecule has 0 atom stereocenters. The molecule has 8 nitrogen and oxygen atoms in total. The van der Waals surface area contributed by atoms with Crippen LogP contribution in [-0.4, -0.2) is 39.1 Å². The van der Waals surface area contributed by atoms with Gasteiger partial charge in [0.2, 0.25) is 11.7 Å². The molecule has 0 fully saturated rings. The molecule has 0 saturated carbocycles. The molecule has 3 aromatic heterocycles. The number of carbonyl (C=O) groups is 1. The fourth-order valence-corrected chi connectivity index (χ4v) is 3.17. The molecule has 0 unspecified atom stereocenters. The van der Waals surface area contributed by atoms with Gasteiger partial charge in [-0.05, 0) is 49.6 Å². The summed E-state index contributed by atoms with van der Waals surface area (Å²) in [7, 11) is 1.66. The first kappa shape index (κ1) is 19.8. The standard InChI is InChI=1S/C22H23N5O3/c1-14-8-9-27-18(13-23-19(27)11-14)22(28)24-17-12-16(7-6-15(17)2)21-25-20(30-26-21)5-4-10-29-3/h6-9,11-13H,4-5,10H2,1-3H3,(H,24,28). The zero-order valence-corrected chi connectivity index (χ0v) is 17.2. The summed E-state index contributed by atoms with van der Waals surface area (Å²) in [6.07, 6.45) is 4.89. The minimum Gasteiger partial charge on any atom is -0.385 e. The smallest absolute Gasteiger partial charge is 0.274 e. The lowest BCUT2D eigenvalue weighted by molar-refractivity contribution is 0.102. The Hall–Kier alpha value is -3.52. The number of hydrogen-bond donors (Lipinski definition) is 1. The summed E-state index contributed by atoms with van der Waals surface area (Å²) >= 11 is 0. The van der Waals surface area contributed by atoms with E-state index in [2.05, 4.69) is 20.4 Å². The van der Waals surface area contributed by atoms with E-state index in [0.717, 1.165) is 28.8 Å². The molecule has 8 heteroatoms. The fraction of sp³-hybridized carbons (Fsp3) is 0.273. The minimum absolute atomic E-state index is 0.236. The maximum Gasteiger partial charge on any atom is 0.274 e. The van der Waals surface area contributed by atoms with Crippen molar-refractivity contribution in [1.29, 1.82) is 0 Å². The summed E-state index contributed by atoms with van der Waals surface area (Å²) in [4.78, 5) is 21.7. The molecule has 1 N–H and O–H groups in total. The van der Waals surface area contributed by atoms with E-state index in [-0.39, 0.29) is 5.91 Å². The number of ether oxygens (including phenoxy) is 1. The van der Waals surface area contributed by atoms with Crippen molar-refractivity contribution >= 4 is 17.2 Å². The van der Waals surface area contributed by atoms with Gasteiger partial charge in [-0.2, -0.15) is 4.98 Å². The lowest BCUT2D eigenvalue weighted by Crippen LogP contribution is -2.15. The molecule has 0 spiro atoms. The van der Waals surface area contributed by atoms with Crippen LogP contribution in [0.2, 0.25) is 0 Å². The van der Waals surface area contributed by atoms with Crippen LogP contribution in [0.3, 0.4) is 0 Å². The number of aryl methyl sites for hydroxylation is 3. The average molecular weight is 405 g/mol. The van der Waals surface area contributed by atoms with Gasteiger partial charge in [0, 0.05) is 37.6 Å². The van der Waals surface area contributed by atoms with Gasteiger partial charge in [-0.25, -0.2) is 4.98 Å². The molecule has 1 aromatic carbocycles. The summed E-state index contributed by atoms with van der Waals surface area (Å²) in [5.74, 6) is 0.817. The Morgan fingerprint density at radius 3 is 2.93 bits per heavy atom. The molecule has 0 aliphatic heterocycles. The normalized spacial score (nSPS) is 11.2. The largest absolute Gasteiger partial charge is 0.385 e. The molecule has 1 amide bonds. The fourth-order valence-electron chi connectivity index (χ4n) is 3.17. The second kappa shape index (κ2) is 8.46. The Kier molecular flexibility index (Phi) is 5.58.